The van der Waals surface area contributed by atoms with Crippen molar-refractivity contribution in [2.75, 3.05) is 19.6 Å². The molecule has 2 aliphatic rings. The van der Waals surface area contributed by atoms with Crippen LogP contribution in [-0.4, -0.2) is 41.4 Å². The largest absolute Gasteiger partial charge is 0.338 e. The van der Waals surface area contributed by atoms with E-state index in [2.05, 4.69) is 5.32 Å². The number of hydrogen-bond donors (Lipinski definition) is 1. The van der Waals surface area contributed by atoms with Crippen molar-refractivity contribution in [3.63, 3.8) is 0 Å². The number of nitrogens with zero attached hydrogens (tertiary/aromatic N) is 2. The van der Waals surface area contributed by atoms with Crippen LogP contribution in [0, 0.1) is 16.0 Å². The van der Waals surface area contributed by atoms with Crippen LogP contribution in [0.4, 0.5) is 5.69 Å². The summed E-state index contributed by atoms with van der Waals surface area (Å²) in [6.07, 6.45) is 4.41. The van der Waals surface area contributed by atoms with Crippen molar-refractivity contribution in [2.45, 2.75) is 31.7 Å². The van der Waals surface area contributed by atoms with Gasteiger partial charge < -0.3 is 10.2 Å². The van der Waals surface area contributed by atoms with E-state index in [0.29, 0.717) is 24.2 Å². The third-order valence-electron chi connectivity index (χ3n) is 4.56. The molecule has 1 heterocycles. The highest BCUT2D eigenvalue weighted by molar-refractivity contribution is 6.31. The second-order valence-electron chi connectivity index (χ2n) is 6.34. The first kappa shape index (κ1) is 16.2. The number of halogens is 1. The zero-order valence-corrected chi connectivity index (χ0v) is 13.6. The summed E-state index contributed by atoms with van der Waals surface area (Å²) in [6.45, 7) is 2.30. The molecule has 1 aromatic rings. The molecular weight excluding hydrogens is 318 g/mol. The molecule has 0 aromatic heterocycles. The molecule has 0 unspecified atom stereocenters. The fourth-order valence-corrected chi connectivity index (χ4v) is 3.12. The third kappa shape index (κ3) is 4.00. The van der Waals surface area contributed by atoms with E-state index in [1.165, 1.54) is 31.0 Å². The van der Waals surface area contributed by atoms with Crippen molar-refractivity contribution in [1.29, 1.82) is 0 Å². The highest BCUT2D eigenvalue weighted by Crippen LogP contribution is 2.28. The maximum Gasteiger partial charge on any atom is 0.282 e. The van der Waals surface area contributed by atoms with Gasteiger partial charge in [-0.15, -0.1) is 0 Å². The van der Waals surface area contributed by atoms with Gasteiger partial charge in [-0.25, -0.2) is 0 Å². The average Bonchev–Trinajstić information content (AvgIpc) is 3.36. The van der Waals surface area contributed by atoms with Gasteiger partial charge in [0.2, 0.25) is 0 Å². The molecule has 1 saturated carbocycles. The molecule has 23 heavy (non-hydrogen) atoms. The summed E-state index contributed by atoms with van der Waals surface area (Å²) in [4.78, 5) is 24.9. The molecule has 6 nitrogen and oxygen atoms in total. The summed E-state index contributed by atoms with van der Waals surface area (Å²) in [5.41, 5.74) is -0.111. The van der Waals surface area contributed by atoms with Crippen LogP contribution in [0.5, 0.6) is 0 Å². The SMILES string of the molecule is O=C(c1cc(Cl)ccc1[N+](=O)[O-])N1CCC(NCC2CC2)CC1. The minimum absolute atomic E-state index is 0.0758. The zero-order valence-electron chi connectivity index (χ0n) is 12.8. The summed E-state index contributed by atoms with van der Waals surface area (Å²) in [7, 11) is 0. The van der Waals surface area contributed by atoms with Crippen molar-refractivity contribution in [3.05, 3.63) is 38.9 Å². The van der Waals surface area contributed by atoms with Crippen molar-refractivity contribution < 1.29 is 9.72 Å². The fourth-order valence-electron chi connectivity index (χ4n) is 2.95. The van der Waals surface area contributed by atoms with Gasteiger partial charge >= 0.3 is 0 Å². The van der Waals surface area contributed by atoms with Crippen LogP contribution in [0.15, 0.2) is 18.2 Å². The van der Waals surface area contributed by atoms with E-state index >= 15 is 0 Å². The number of hydrogen-bond acceptors (Lipinski definition) is 4. The Bertz CT molecular complexity index is 611. The number of benzene rings is 1. The first-order valence-corrected chi connectivity index (χ1v) is 8.39. The topological polar surface area (TPSA) is 75.5 Å². The van der Waals surface area contributed by atoms with Crippen LogP contribution >= 0.6 is 11.6 Å². The van der Waals surface area contributed by atoms with Crippen molar-refractivity contribution in [1.82, 2.24) is 10.2 Å². The number of rotatable bonds is 5. The van der Waals surface area contributed by atoms with E-state index < -0.39 is 4.92 Å². The molecule has 124 valence electrons. The maximum atomic E-state index is 12.6. The first-order chi connectivity index (χ1) is 11.0. The lowest BCUT2D eigenvalue weighted by atomic mass is 10.0. The predicted octanol–water partition coefficient (Wildman–Crippen LogP) is 2.85. The monoisotopic (exact) mass is 337 g/mol. The van der Waals surface area contributed by atoms with Gasteiger partial charge in [-0.1, -0.05) is 11.6 Å². The lowest BCUT2D eigenvalue weighted by Crippen LogP contribution is -2.45. The molecule has 0 atom stereocenters. The summed E-state index contributed by atoms with van der Waals surface area (Å²) >= 11 is 5.90. The second-order valence-corrected chi connectivity index (χ2v) is 6.77. The number of likely N-dealkylation sites (tertiary alicyclic amines) is 1. The summed E-state index contributed by atoms with van der Waals surface area (Å²) in [6, 6.07) is 4.55. The molecule has 1 amide bonds. The third-order valence-corrected chi connectivity index (χ3v) is 4.80. The van der Waals surface area contributed by atoms with Gasteiger partial charge in [-0.2, -0.15) is 0 Å². The second kappa shape index (κ2) is 6.84. The Hall–Kier alpha value is -1.66. The molecular formula is C16H20ClN3O3. The van der Waals surface area contributed by atoms with Crippen molar-refractivity contribution in [3.8, 4) is 0 Å². The number of nitro benzene ring substituents is 1. The number of nitrogens with one attached hydrogen (secondary N) is 1. The van der Waals surface area contributed by atoms with Crippen molar-refractivity contribution >= 4 is 23.2 Å². The summed E-state index contributed by atoms with van der Waals surface area (Å²) in [5.74, 6) is 0.531. The lowest BCUT2D eigenvalue weighted by Gasteiger charge is -2.32. The van der Waals surface area contributed by atoms with Gasteiger partial charge in [0.25, 0.3) is 11.6 Å². The van der Waals surface area contributed by atoms with E-state index in [1.807, 2.05) is 0 Å². The molecule has 1 aliphatic heterocycles. The van der Waals surface area contributed by atoms with E-state index in [0.717, 1.165) is 25.3 Å². The minimum atomic E-state index is -0.534. The smallest absolute Gasteiger partial charge is 0.282 e. The molecule has 0 bridgehead atoms. The Morgan fingerprint density at radius 2 is 2.00 bits per heavy atom. The van der Waals surface area contributed by atoms with Crippen LogP contribution in [-0.2, 0) is 0 Å². The van der Waals surface area contributed by atoms with Crippen LogP contribution in [0.25, 0.3) is 0 Å². The Labute approximate surface area is 139 Å². The van der Waals surface area contributed by atoms with E-state index in [1.54, 1.807) is 4.90 Å². The van der Waals surface area contributed by atoms with Crippen LogP contribution in [0.1, 0.15) is 36.0 Å². The van der Waals surface area contributed by atoms with Crippen LogP contribution < -0.4 is 5.32 Å². The molecule has 7 heteroatoms. The van der Waals surface area contributed by atoms with Crippen molar-refractivity contribution in [2.24, 2.45) is 5.92 Å². The summed E-state index contributed by atoms with van der Waals surface area (Å²) < 4.78 is 0. The highest BCUT2D eigenvalue weighted by atomic mass is 35.5. The summed E-state index contributed by atoms with van der Waals surface area (Å²) in [5, 5.41) is 15.0. The normalized spacial score (nSPS) is 18.9. The standard InChI is InChI=1S/C16H20ClN3O3/c17-12-3-4-15(20(22)23)14(9-12)16(21)19-7-5-13(6-8-19)18-10-11-1-2-11/h3-4,9,11,13,18H,1-2,5-8,10H2. The Morgan fingerprint density at radius 3 is 2.61 bits per heavy atom. The lowest BCUT2D eigenvalue weighted by molar-refractivity contribution is -0.385. The molecule has 2 fully saturated rings. The number of carbonyl (C=O) groups is 1. The Morgan fingerprint density at radius 1 is 1.30 bits per heavy atom. The fraction of sp³-hybridized carbons (Fsp3) is 0.562. The molecule has 1 aliphatic carbocycles. The van der Waals surface area contributed by atoms with Gasteiger partial charge in [0, 0.05) is 30.2 Å². The number of carbonyl (C=O) groups excluding carboxylic acids is 1. The van der Waals surface area contributed by atoms with Crippen LogP contribution in [0.2, 0.25) is 5.02 Å². The molecule has 1 N–H and O–H groups in total. The Balaban J connectivity index is 1.62. The van der Waals surface area contributed by atoms with E-state index in [9.17, 15) is 14.9 Å². The molecule has 1 aromatic carbocycles. The zero-order chi connectivity index (χ0) is 16.4. The molecule has 3 rings (SSSR count). The minimum Gasteiger partial charge on any atom is -0.338 e. The van der Waals surface area contributed by atoms with E-state index in [4.69, 9.17) is 11.6 Å². The quantitative estimate of drug-likeness (QED) is 0.662. The molecule has 1 saturated heterocycles. The highest BCUT2D eigenvalue weighted by Gasteiger charge is 2.29. The van der Waals surface area contributed by atoms with Gasteiger partial charge in [-0.3, -0.25) is 14.9 Å². The van der Waals surface area contributed by atoms with E-state index in [-0.39, 0.29) is 17.2 Å². The number of piperidine rings is 1. The van der Waals surface area contributed by atoms with Gasteiger partial charge in [0.15, 0.2) is 0 Å². The first-order valence-electron chi connectivity index (χ1n) is 8.01. The average molecular weight is 338 g/mol. The van der Waals surface area contributed by atoms with Crippen LogP contribution in [0.3, 0.4) is 0 Å². The Kier molecular flexibility index (Phi) is 4.82. The molecule has 0 radical (unpaired) electrons. The van der Waals surface area contributed by atoms with Gasteiger partial charge in [0.1, 0.15) is 5.56 Å². The van der Waals surface area contributed by atoms with Gasteiger partial charge in [-0.05, 0) is 50.3 Å². The predicted molar refractivity (Wildman–Crippen MR) is 87.8 cm³/mol. The number of nitro groups is 1. The maximum absolute atomic E-state index is 12.6. The molecule has 0 spiro atoms. The number of amides is 1. The van der Waals surface area contributed by atoms with Gasteiger partial charge in [0.05, 0.1) is 4.92 Å².